The van der Waals surface area contributed by atoms with Crippen molar-refractivity contribution in [3.05, 3.63) is 66.8 Å². The topological polar surface area (TPSA) is 42.4 Å². The van der Waals surface area contributed by atoms with Gasteiger partial charge in [0, 0.05) is 16.4 Å². The zero-order chi connectivity index (χ0) is 19.7. The van der Waals surface area contributed by atoms with E-state index in [1.165, 1.54) is 21.8 Å². The van der Waals surface area contributed by atoms with Crippen LogP contribution in [-0.2, 0) is 13.0 Å². The lowest BCUT2D eigenvalue weighted by Crippen LogP contribution is -2.39. The van der Waals surface area contributed by atoms with E-state index in [0.717, 1.165) is 35.8 Å². The minimum absolute atomic E-state index is 0.0800. The molecule has 0 N–H and O–H groups in total. The average Bonchev–Trinajstić information content (AvgIpc) is 3.32. The molecule has 0 radical (unpaired) electrons. The molecule has 1 unspecified atom stereocenters. The van der Waals surface area contributed by atoms with Crippen LogP contribution in [0.25, 0.3) is 0 Å². The molecule has 1 aliphatic heterocycles. The first-order valence-electron chi connectivity index (χ1n) is 9.28. The van der Waals surface area contributed by atoms with Crippen molar-refractivity contribution in [1.29, 1.82) is 0 Å². The van der Waals surface area contributed by atoms with E-state index in [-0.39, 0.29) is 11.9 Å². The van der Waals surface area contributed by atoms with Gasteiger partial charge >= 0.3 is 0 Å². The fourth-order valence-corrected chi connectivity index (χ4v) is 5.59. The van der Waals surface area contributed by atoms with Crippen LogP contribution >= 0.6 is 34.3 Å². The number of halogens is 1. The largest absolute Gasteiger partial charge is 0.486 e. The number of aryl methyl sites for hydroxylation is 1. The third-order valence-electron chi connectivity index (χ3n) is 4.95. The standard InChI is InChI=1S/C21H21ClN2O2S2/c1-3-17-16-9-11-27-18(16)8-10-24(17)21(25)20-13(2)23-19(28-20)12-26-15-6-4-14(22)5-7-15/h4-7,9,11,17H,3,8,10,12H2,1-2H3. The number of carbonyl (C=O) groups excluding carboxylic acids is 1. The van der Waals surface area contributed by atoms with Crippen LogP contribution in [0, 0.1) is 6.92 Å². The average molecular weight is 433 g/mol. The zero-order valence-corrected chi connectivity index (χ0v) is 18.2. The highest BCUT2D eigenvalue weighted by molar-refractivity contribution is 7.13. The number of fused-ring (bicyclic) bond motifs is 1. The van der Waals surface area contributed by atoms with Crippen LogP contribution in [0.2, 0.25) is 5.02 Å². The summed E-state index contributed by atoms with van der Waals surface area (Å²) >= 11 is 9.13. The van der Waals surface area contributed by atoms with Gasteiger partial charge in [0.05, 0.1) is 11.7 Å². The second-order valence-electron chi connectivity index (χ2n) is 6.74. The van der Waals surface area contributed by atoms with Crippen molar-refractivity contribution in [2.45, 2.75) is 39.3 Å². The van der Waals surface area contributed by atoms with Crippen LogP contribution in [-0.4, -0.2) is 22.3 Å². The lowest BCUT2D eigenvalue weighted by atomic mass is 9.97. The fraction of sp³-hybridized carbons (Fsp3) is 0.333. The first-order chi connectivity index (χ1) is 13.6. The Morgan fingerprint density at radius 2 is 2.11 bits per heavy atom. The van der Waals surface area contributed by atoms with Gasteiger partial charge in [-0.25, -0.2) is 4.98 Å². The minimum Gasteiger partial charge on any atom is -0.486 e. The molecule has 4 nitrogen and oxygen atoms in total. The fourth-order valence-electron chi connectivity index (χ4n) is 3.60. The van der Waals surface area contributed by atoms with Crippen molar-refractivity contribution < 1.29 is 9.53 Å². The first kappa shape index (κ1) is 19.4. The summed E-state index contributed by atoms with van der Waals surface area (Å²) in [5.74, 6) is 0.814. The molecule has 0 saturated heterocycles. The molecule has 28 heavy (non-hydrogen) atoms. The smallest absolute Gasteiger partial charge is 0.266 e. The predicted molar refractivity (Wildman–Crippen MR) is 115 cm³/mol. The molecule has 1 atom stereocenters. The van der Waals surface area contributed by atoms with Crippen molar-refractivity contribution >= 4 is 40.2 Å². The summed E-state index contributed by atoms with van der Waals surface area (Å²) in [5, 5.41) is 3.61. The molecule has 0 bridgehead atoms. The molecule has 0 aliphatic carbocycles. The normalized spacial score (nSPS) is 16.1. The molecule has 3 heterocycles. The van der Waals surface area contributed by atoms with Gasteiger partial charge in [0.1, 0.15) is 22.2 Å². The quantitative estimate of drug-likeness (QED) is 0.504. The Morgan fingerprint density at radius 3 is 2.86 bits per heavy atom. The number of hydrogen-bond donors (Lipinski definition) is 0. The van der Waals surface area contributed by atoms with Gasteiger partial charge < -0.3 is 9.64 Å². The predicted octanol–water partition coefficient (Wildman–Crippen LogP) is 5.90. The molecule has 1 aromatic carbocycles. The highest BCUT2D eigenvalue weighted by Gasteiger charge is 2.32. The van der Waals surface area contributed by atoms with Gasteiger partial charge in [-0.1, -0.05) is 18.5 Å². The molecule has 7 heteroatoms. The van der Waals surface area contributed by atoms with Crippen LogP contribution in [0.3, 0.4) is 0 Å². The summed E-state index contributed by atoms with van der Waals surface area (Å²) in [6, 6.07) is 9.55. The first-order valence-corrected chi connectivity index (χ1v) is 11.4. The molecule has 146 valence electrons. The Balaban J connectivity index is 1.50. The number of carbonyl (C=O) groups is 1. The number of thiazole rings is 1. The van der Waals surface area contributed by atoms with Gasteiger partial charge in [0.2, 0.25) is 0 Å². The SMILES string of the molecule is CCC1c2ccsc2CCN1C(=O)c1sc(COc2ccc(Cl)cc2)nc1C. The van der Waals surface area contributed by atoms with Crippen molar-refractivity contribution in [2.24, 2.45) is 0 Å². The van der Waals surface area contributed by atoms with E-state index in [1.807, 2.05) is 24.0 Å². The van der Waals surface area contributed by atoms with E-state index in [2.05, 4.69) is 23.4 Å². The summed E-state index contributed by atoms with van der Waals surface area (Å²) in [4.78, 5) is 22.0. The Bertz CT molecular complexity index is 981. The minimum atomic E-state index is 0.0800. The third kappa shape index (κ3) is 3.81. The van der Waals surface area contributed by atoms with Crippen molar-refractivity contribution in [1.82, 2.24) is 9.88 Å². The maximum Gasteiger partial charge on any atom is 0.266 e. The van der Waals surface area contributed by atoms with E-state index in [0.29, 0.717) is 16.5 Å². The second kappa shape index (κ2) is 8.23. The molecule has 1 aliphatic rings. The van der Waals surface area contributed by atoms with E-state index >= 15 is 0 Å². The van der Waals surface area contributed by atoms with Crippen LogP contribution in [0.5, 0.6) is 5.75 Å². The Hall–Kier alpha value is -1.89. The summed E-state index contributed by atoms with van der Waals surface area (Å²) in [7, 11) is 0. The van der Waals surface area contributed by atoms with Crippen molar-refractivity contribution in [3.8, 4) is 5.75 Å². The molecular formula is C21H21ClN2O2S2. The van der Waals surface area contributed by atoms with E-state index in [9.17, 15) is 4.79 Å². The van der Waals surface area contributed by atoms with Gasteiger partial charge in [-0.05, 0) is 61.0 Å². The summed E-state index contributed by atoms with van der Waals surface area (Å²) in [6.07, 6.45) is 1.85. The number of aromatic nitrogens is 1. The lowest BCUT2D eigenvalue weighted by Gasteiger charge is -2.35. The highest BCUT2D eigenvalue weighted by atomic mass is 35.5. The van der Waals surface area contributed by atoms with Crippen LogP contribution < -0.4 is 4.74 Å². The number of benzene rings is 1. The molecule has 4 rings (SSSR count). The van der Waals surface area contributed by atoms with E-state index in [1.54, 1.807) is 23.5 Å². The number of rotatable bonds is 5. The van der Waals surface area contributed by atoms with Gasteiger partial charge in [0.25, 0.3) is 5.91 Å². The van der Waals surface area contributed by atoms with Crippen molar-refractivity contribution in [3.63, 3.8) is 0 Å². The summed E-state index contributed by atoms with van der Waals surface area (Å²) in [6.45, 7) is 5.14. The molecule has 0 spiro atoms. The Labute approximate surface area is 177 Å². The lowest BCUT2D eigenvalue weighted by molar-refractivity contribution is 0.0661. The Kier molecular flexibility index (Phi) is 5.71. The van der Waals surface area contributed by atoms with Crippen LogP contribution in [0.1, 0.15) is 50.2 Å². The highest BCUT2D eigenvalue weighted by Crippen LogP contribution is 2.37. The number of thiophene rings is 1. The molecule has 2 aromatic heterocycles. The molecule has 3 aromatic rings. The van der Waals surface area contributed by atoms with Crippen molar-refractivity contribution in [2.75, 3.05) is 6.54 Å². The van der Waals surface area contributed by atoms with Gasteiger partial charge in [-0.15, -0.1) is 22.7 Å². The molecular weight excluding hydrogens is 412 g/mol. The number of ether oxygens (including phenoxy) is 1. The number of amides is 1. The van der Waals surface area contributed by atoms with E-state index in [4.69, 9.17) is 16.3 Å². The van der Waals surface area contributed by atoms with E-state index < -0.39 is 0 Å². The molecule has 0 saturated carbocycles. The van der Waals surface area contributed by atoms with Crippen LogP contribution in [0.15, 0.2) is 35.7 Å². The molecule has 1 amide bonds. The summed E-state index contributed by atoms with van der Waals surface area (Å²) < 4.78 is 5.78. The van der Waals surface area contributed by atoms with Gasteiger partial charge in [0.15, 0.2) is 0 Å². The third-order valence-corrected chi connectivity index (χ3v) is 7.32. The van der Waals surface area contributed by atoms with Gasteiger partial charge in [-0.3, -0.25) is 4.79 Å². The number of hydrogen-bond acceptors (Lipinski definition) is 5. The zero-order valence-electron chi connectivity index (χ0n) is 15.8. The maximum absolute atomic E-state index is 13.3. The number of nitrogens with zero attached hydrogens (tertiary/aromatic N) is 2. The summed E-state index contributed by atoms with van der Waals surface area (Å²) in [5.41, 5.74) is 2.08. The van der Waals surface area contributed by atoms with Gasteiger partial charge in [-0.2, -0.15) is 0 Å². The Morgan fingerprint density at radius 1 is 1.32 bits per heavy atom. The van der Waals surface area contributed by atoms with Crippen LogP contribution in [0.4, 0.5) is 0 Å². The maximum atomic E-state index is 13.3. The monoisotopic (exact) mass is 432 g/mol. The molecule has 0 fully saturated rings. The second-order valence-corrected chi connectivity index (χ2v) is 9.26.